The fourth-order valence-corrected chi connectivity index (χ4v) is 2.31. The van der Waals surface area contributed by atoms with Crippen molar-refractivity contribution in [3.05, 3.63) is 35.4 Å². The van der Waals surface area contributed by atoms with E-state index in [9.17, 15) is 9.59 Å². The van der Waals surface area contributed by atoms with E-state index in [0.29, 0.717) is 12.2 Å². The maximum atomic E-state index is 11.4. The molecule has 24 heavy (non-hydrogen) atoms. The highest BCUT2D eigenvalue weighted by molar-refractivity contribution is 6.35. The van der Waals surface area contributed by atoms with Gasteiger partial charge in [-0.25, -0.2) is 9.59 Å². The number of oxime groups is 1. The topological polar surface area (TPSA) is 74.2 Å². The molecule has 0 aliphatic carbocycles. The number of rotatable bonds is 9. The molecule has 0 saturated carbocycles. The van der Waals surface area contributed by atoms with E-state index >= 15 is 0 Å². The van der Waals surface area contributed by atoms with E-state index in [1.807, 2.05) is 12.1 Å². The molecule has 6 heteroatoms. The molecular formula is C18H25NO5. The maximum absolute atomic E-state index is 11.4. The van der Waals surface area contributed by atoms with E-state index in [4.69, 9.17) is 4.84 Å². The Balaban J connectivity index is 2.62. The first-order chi connectivity index (χ1) is 11.5. The van der Waals surface area contributed by atoms with E-state index in [1.165, 1.54) is 14.2 Å². The number of benzene rings is 1. The standard InChI is InChI=1S/C18H25NO5/c1-5-6-15(12-24-19-13(2)17(20)22-3)11-14-7-9-16(10-8-14)18(21)23-4/h7-10,15H,5-6,11-12H2,1-4H3/b19-13+. The summed E-state index contributed by atoms with van der Waals surface area (Å²) in [6.07, 6.45) is 2.81. The van der Waals surface area contributed by atoms with Crippen LogP contribution in [0.3, 0.4) is 0 Å². The van der Waals surface area contributed by atoms with Gasteiger partial charge in [0.2, 0.25) is 0 Å². The monoisotopic (exact) mass is 335 g/mol. The van der Waals surface area contributed by atoms with Gasteiger partial charge in [-0.2, -0.15) is 0 Å². The van der Waals surface area contributed by atoms with Gasteiger partial charge >= 0.3 is 11.9 Å². The van der Waals surface area contributed by atoms with Gasteiger partial charge in [0.25, 0.3) is 0 Å². The summed E-state index contributed by atoms with van der Waals surface area (Å²) < 4.78 is 9.25. The number of carbonyl (C=O) groups is 2. The van der Waals surface area contributed by atoms with Crippen LogP contribution in [-0.4, -0.2) is 38.5 Å². The highest BCUT2D eigenvalue weighted by Crippen LogP contribution is 2.16. The first kappa shape index (κ1) is 19.7. The molecule has 0 aliphatic rings. The zero-order valence-corrected chi connectivity index (χ0v) is 14.7. The zero-order chi connectivity index (χ0) is 17.9. The van der Waals surface area contributed by atoms with Crippen molar-refractivity contribution >= 4 is 17.7 Å². The first-order valence-electron chi connectivity index (χ1n) is 7.93. The number of hydrogen-bond donors (Lipinski definition) is 0. The Morgan fingerprint density at radius 2 is 1.79 bits per heavy atom. The molecule has 1 aromatic rings. The summed E-state index contributed by atoms with van der Waals surface area (Å²) in [4.78, 5) is 28.0. The molecule has 0 aliphatic heterocycles. The predicted octanol–water partition coefficient (Wildman–Crippen LogP) is 3.00. The molecule has 132 valence electrons. The average Bonchev–Trinajstić information content (AvgIpc) is 2.60. The molecule has 0 radical (unpaired) electrons. The predicted molar refractivity (Wildman–Crippen MR) is 91.0 cm³/mol. The number of carbonyl (C=O) groups excluding carboxylic acids is 2. The quantitative estimate of drug-likeness (QED) is 0.394. The molecule has 0 bridgehead atoms. The molecule has 0 fully saturated rings. The number of nitrogens with zero attached hydrogens (tertiary/aromatic N) is 1. The minimum Gasteiger partial charge on any atom is -0.465 e. The van der Waals surface area contributed by atoms with Crippen LogP contribution in [0.5, 0.6) is 0 Å². The third-order valence-electron chi connectivity index (χ3n) is 3.59. The lowest BCUT2D eigenvalue weighted by atomic mass is 9.95. The molecule has 1 rings (SSSR count). The molecule has 0 aromatic heterocycles. The van der Waals surface area contributed by atoms with Gasteiger partial charge in [0.15, 0.2) is 5.71 Å². The van der Waals surface area contributed by atoms with Crippen LogP contribution in [-0.2, 0) is 25.5 Å². The Kier molecular flexibility index (Phi) is 8.54. The van der Waals surface area contributed by atoms with Crippen LogP contribution in [0.4, 0.5) is 0 Å². The van der Waals surface area contributed by atoms with Crippen molar-refractivity contribution in [3.63, 3.8) is 0 Å². The summed E-state index contributed by atoms with van der Waals surface area (Å²) in [7, 11) is 2.67. The smallest absolute Gasteiger partial charge is 0.355 e. The summed E-state index contributed by atoms with van der Waals surface area (Å²) in [5.41, 5.74) is 1.83. The van der Waals surface area contributed by atoms with Gasteiger partial charge in [-0.05, 0) is 43.4 Å². The lowest BCUT2D eigenvalue weighted by Crippen LogP contribution is -2.15. The molecule has 1 unspecified atom stereocenters. The van der Waals surface area contributed by atoms with Gasteiger partial charge in [-0.15, -0.1) is 0 Å². The summed E-state index contributed by atoms with van der Waals surface area (Å²) in [5.74, 6) is -0.573. The third kappa shape index (κ3) is 6.40. The SMILES string of the molecule is CCCC(CO/N=C(\C)C(=O)OC)Cc1ccc(C(=O)OC)cc1. The molecule has 1 atom stereocenters. The minimum absolute atomic E-state index is 0.190. The molecule has 0 spiro atoms. The number of hydrogen-bond acceptors (Lipinski definition) is 6. The third-order valence-corrected chi connectivity index (χ3v) is 3.59. The molecule has 0 heterocycles. The van der Waals surface area contributed by atoms with Crippen molar-refractivity contribution < 1.29 is 23.9 Å². The van der Waals surface area contributed by atoms with Gasteiger partial charge in [0.1, 0.15) is 6.61 Å². The fraction of sp³-hybridized carbons (Fsp3) is 0.500. The Morgan fingerprint density at radius 3 is 2.33 bits per heavy atom. The van der Waals surface area contributed by atoms with Gasteiger partial charge < -0.3 is 14.3 Å². The van der Waals surface area contributed by atoms with Crippen molar-refractivity contribution in [2.24, 2.45) is 11.1 Å². The molecule has 0 amide bonds. The van der Waals surface area contributed by atoms with Crippen molar-refractivity contribution in [3.8, 4) is 0 Å². The highest BCUT2D eigenvalue weighted by atomic mass is 16.6. The lowest BCUT2D eigenvalue weighted by molar-refractivity contribution is -0.133. The van der Waals surface area contributed by atoms with Crippen LogP contribution in [0.25, 0.3) is 0 Å². The largest absolute Gasteiger partial charge is 0.465 e. The van der Waals surface area contributed by atoms with Crippen LogP contribution in [0.2, 0.25) is 0 Å². The fourth-order valence-electron chi connectivity index (χ4n) is 2.31. The second-order valence-corrected chi connectivity index (χ2v) is 5.51. The normalized spacial score (nSPS) is 12.4. The molecular weight excluding hydrogens is 310 g/mol. The van der Waals surface area contributed by atoms with E-state index in [-0.39, 0.29) is 17.6 Å². The van der Waals surface area contributed by atoms with Gasteiger partial charge in [-0.1, -0.05) is 30.6 Å². The van der Waals surface area contributed by atoms with Gasteiger partial charge in [0, 0.05) is 0 Å². The number of esters is 2. The highest BCUT2D eigenvalue weighted by Gasteiger charge is 2.12. The van der Waals surface area contributed by atoms with Crippen LogP contribution in [0.1, 0.15) is 42.6 Å². The van der Waals surface area contributed by atoms with Gasteiger partial charge in [-0.3, -0.25) is 0 Å². The number of methoxy groups -OCH3 is 2. The van der Waals surface area contributed by atoms with Crippen LogP contribution >= 0.6 is 0 Å². The molecule has 1 aromatic carbocycles. The minimum atomic E-state index is -0.500. The number of ether oxygens (including phenoxy) is 2. The first-order valence-corrected chi connectivity index (χ1v) is 7.93. The summed E-state index contributed by atoms with van der Waals surface area (Å²) in [6.45, 7) is 4.07. The van der Waals surface area contributed by atoms with Crippen LogP contribution in [0, 0.1) is 5.92 Å². The second kappa shape index (κ2) is 10.4. The van der Waals surface area contributed by atoms with Crippen LogP contribution in [0.15, 0.2) is 29.4 Å². The summed E-state index contributed by atoms with van der Waals surface area (Å²) in [5, 5.41) is 3.79. The molecule has 0 N–H and O–H groups in total. The molecule has 6 nitrogen and oxygen atoms in total. The Labute approximate surface area is 142 Å². The van der Waals surface area contributed by atoms with E-state index in [1.54, 1.807) is 19.1 Å². The van der Waals surface area contributed by atoms with Crippen molar-refractivity contribution in [1.82, 2.24) is 0 Å². The second-order valence-electron chi connectivity index (χ2n) is 5.51. The Hall–Kier alpha value is -2.37. The van der Waals surface area contributed by atoms with Crippen molar-refractivity contribution in [2.75, 3.05) is 20.8 Å². The Morgan fingerprint density at radius 1 is 1.12 bits per heavy atom. The Bertz CT molecular complexity index is 565. The van der Waals surface area contributed by atoms with Crippen LogP contribution < -0.4 is 0 Å². The van der Waals surface area contributed by atoms with E-state index < -0.39 is 5.97 Å². The lowest BCUT2D eigenvalue weighted by Gasteiger charge is -2.15. The van der Waals surface area contributed by atoms with Crippen molar-refractivity contribution in [2.45, 2.75) is 33.1 Å². The summed E-state index contributed by atoms with van der Waals surface area (Å²) >= 11 is 0. The average molecular weight is 335 g/mol. The van der Waals surface area contributed by atoms with E-state index in [0.717, 1.165) is 24.8 Å². The van der Waals surface area contributed by atoms with Gasteiger partial charge in [0.05, 0.1) is 19.8 Å². The van der Waals surface area contributed by atoms with E-state index in [2.05, 4.69) is 21.6 Å². The zero-order valence-electron chi connectivity index (χ0n) is 14.7. The molecule has 0 saturated heterocycles. The maximum Gasteiger partial charge on any atom is 0.355 e. The van der Waals surface area contributed by atoms with Crippen molar-refractivity contribution in [1.29, 1.82) is 0 Å². The summed E-state index contributed by atoms with van der Waals surface area (Å²) in [6, 6.07) is 7.34.